The van der Waals surface area contributed by atoms with Crippen LogP contribution in [0.2, 0.25) is 0 Å². The quantitative estimate of drug-likeness (QED) is 0.896. The number of nitrogens with one attached hydrogen (secondary N) is 1. The molecule has 0 heterocycles. The summed E-state index contributed by atoms with van der Waals surface area (Å²) in [4.78, 5) is 12.3. The average Bonchev–Trinajstić information content (AvgIpc) is 2.48. The van der Waals surface area contributed by atoms with Crippen LogP contribution in [0.15, 0.2) is 18.2 Å². The van der Waals surface area contributed by atoms with E-state index in [0.717, 1.165) is 31.2 Å². The van der Waals surface area contributed by atoms with Gasteiger partial charge in [0.05, 0.1) is 18.3 Å². The molecule has 4 heteroatoms. The minimum absolute atomic E-state index is 0.192. The van der Waals surface area contributed by atoms with E-state index < -0.39 is 5.60 Å². The molecule has 0 unspecified atom stereocenters. The van der Waals surface area contributed by atoms with Gasteiger partial charge in [-0.1, -0.05) is 18.6 Å². The highest BCUT2D eigenvalue weighted by Gasteiger charge is 2.32. The molecule has 0 aromatic heterocycles. The van der Waals surface area contributed by atoms with E-state index in [-0.39, 0.29) is 5.91 Å². The van der Waals surface area contributed by atoms with Crippen molar-refractivity contribution in [1.29, 1.82) is 0 Å². The van der Waals surface area contributed by atoms with Gasteiger partial charge in [-0.25, -0.2) is 0 Å². The van der Waals surface area contributed by atoms with Crippen LogP contribution in [0.4, 0.5) is 0 Å². The first kappa shape index (κ1) is 15.8. The van der Waals surface area contributed by atoms with Gasteiger partial charge in [-0.05, 0) is 50.7 Å². The Balaban J connectivity index is 2.00. The minimum atomic E-state index is -0.765. The van der Waals surface area contributed by atoms with Crippen LogP contribution in [0.1, 0.15) is 48.5 Å². The lowest BCUT2D eigenvalue weighted by atomic mass is 9.79. The summed E-state index contributed by atoms with van der Waals surface area (Å²) < 4.78 is 5.23. The van der Waals surface area contributed by atoms with Gasteiger partial charge in [0.15, 0.2) is 0 Å². The Morgan fingerprint density at radius 2 is 2.10 bits per heavy atom. The summed E-state index contributed by atoms with van der Waals surface area (Å²) in [5.74, 6) is 1.03. The Morgan fingerprint density at radius 3 is 2.71 bits per heavy atom. The van der Waals surface area contributed by atoms with E-state index in [1.54, 1.807) is 19.2 Å². The minimum Gasteiger partial charge on any atom is -0.496 e. The summed E-state index contributed by atoms with van der Waals surface area (Å²) in [6, 6.07) is 5.51. The molecule has 2 rings (SSSR count). The van der Waals surface area contributed by atoms with Gasteiger partial charge in [0.25, 0.3) is 5.91 Å². The molecular formula is C17H25NO3. The zero-order valence-corrected chi connectivity index (χ0v) is 13.1. The maximum absolute atomic E-state index is 12.3. The Morgan fingerprint density at radius 1 is 1.43 bits per heavy atom. The van der Waals surface area contributed by atoms with Crippen molar-refractivity contribution >= 4 is 5.91 Å². The topological polar surface area (TPSA) is 58.6 Å². The standard InChI is InChI=1S/C17H25NO3/c1-12-6-8-17(20,9-7-12)11-18-16(19)14-10-13(2)4-5-15(14)21-3/h4-5,10,12,20H,6-9,11H2,1-3H3,(H,18,19). The van der Waals surface area contributed by atoms with E-state index in [1.807, 2.05) is 13.0 Å². The Kier molecular flexibility index (Phi) is 4.88. The smallest absolute Gasteiger partial charge is 0.255 e. The van der Waals surface area contributed by atoms with Crippen LogP contribution in [0.5, 0.6) is 5.75 Å². The Labute approximate surface area is 126 Å². The largest absolute Gasteiger partial charge is 0.496 e. The van der Waals surface area contributed by atoms with E-state index in [0.29, 0.717) is 23.8 Å². The van der Waals surface area contributed by atoms with Gasteiger partial charge in [-0.3, -0.25) is 4.79 Å². The van der Waals surface area contributed by atoms with Crippen molar-refractivity contribution in [1.82, 2.24) is 5.32 Å². The molecule has 0 radical (unpaired) electrons. The third-order valence-corrected chi connectivity index (χ3v) is 4.38. The van der Waals surface area contributed by atoms with E-state index in [4.69, 9.17) is 4.74 Å². The predicted octanol–water partition coefficient (Wildman–Crippen LogP) is 2.67. The maximum Gasteiger partial charge on any atom is 0.255 e. The molecular weight excluding hydrogens is 266 g/mol. The first-order valence-electron chi connectivity index (χ1n) is 7.59. The number of ether oxygens (including phenoxy) is 1. The number of amides is 1. The van der Waals surface area contributed by atoms with Gasteiger partial charge in [-0.15, -0.1) is 0 Å². The molecule has 1 amide bonds. The Bertz CT molecular complexity index is 505. The van der Waals surface area contributed by atoms with Crippen LogP contribution in [-0.4, -0.2) is 30.3 Å². The predicted molar refractivity (Wildman–Crippen MR) is 82.6 cm³/mol. The van der Waals surface area contributed by atoms with Crippen molar-refractivity contribution < 1.29 is 14.6 Å². The zero-order chi connectivity index (χ0) is 15.5. The molecule has 2 N–H and O–H groups in total. The molecule has 21 heavy (non-hydrogen) atoms. The normalized spacial score (nSPS) is 25.4. The Hall–Kier alpha value is -1.55. The van der Waals surface area contributed by atoms with Crippen LogP contribution in [0.25, 0.3) is 0 Å². The van der Waals surface area contributed by atoms with Crippen LogP contribution in [0, 0.1) is 12.8 Å². The number of carbonyl (C=O) groups excluding carboxylic acids is 1. The molecule has 0 atom stereocenters. The van der Waals surface area contributed by atoms with Crippen molar-refractivity contribution in [3.8, 4) is 5.75 Å². The van der Waals surface area contributed by atoms with Gasteiger partial charge >= 0.3 is 0 Å². The van der Waals surface area contributed by atoms with Crippen LogP contribution in [-0.2, 0) is 0 Å². The van der Waals surface area contributed by atoms with Crippen LogP contribution in [0.3, 0.4) is 0 Å². The summed E-state index contributed by atoms with van der Waals surface area (Å²) in [6.07, 6.45) is 3.53. The van der Waals surface area contributed by atoms with Crippen LogP contribution >= 0.6 is 0 Å². The fraction of sp³-hybridized carbons (Fsp3) is 0.588. The van der Waals surface area contributed by atoms with Gasteiger partial charge in [0.1, 0.15) is 5.75 Å². The molecule has 1 saturated carbocycles. The molecule has 4 nitrogen and oxygen atoms in total. The number of aryl methyl sites for hydroxylation is 1. The second kappa shape index (κ2) is 6.48. The average molecular weight is 291 g/mol. The summed E-state index contributed by atoms with van der Waals surface area (Å²) in [6.45, 7) is 4.44. The van der Waals surface area contributed by atoms with Gasteiger partial charge in [0, 0.05) is 6.54 Å². The first-order valence-corrected chi connectivity index (χ1v) is 7.59. The number of benzene rings is 1. The summed E-state index contributed by atoms with van der Waals surface area (Å²) in [7, 11) is 1.55. The van der Waals surface area contributed by atoms with E-state index in [2.05, 4.69) is 12.2 Å². The monoisotopic (exact) mass is 291 g/mol. The second-order valence-corrected chi connectivity index (χ2v) is 6.29. The molecule has 0 aliphatic heterocycles. The number of hydrogen-bond acceptors (Lipinski definition) is 3. The molecule has 1 aromatic rings. The first-order chi connectivity index (χ1) is 9.93. The molecule has 1 aliphatic carbocycles. The van der Waals surface area contributed by atoms with Crippen molar-refractivity contribution in [2.24, 2.45) is 5.92 Å². The molecule has 1 aromatic carbocycles. The van der Waals surface area contributed by atoms with Gasteiger partial charge in [0.2, 0.25) is 0 Å². The molecule has 0 spiro atoms. The summed E-state index contributed by atoms with van der Waals surface area (Å²) in [5, 5.41) is 13.4. The molecule has 0 saturated heterocycles. The molecule has 1 aliphatic rings. The fourth-order valence-corrected chi connectivity index (χ4v) is 2.82. The van der Waals surface area contributed by atoms with Crippen molar-refractivity contribution in [2.75, 3.05) is 13.7 Å². The van der Waals surface area contributed by atoms with Crippen molar-refractivity contribution in [3.05, 3.63) is 29.3 Å². The van der Waals surface area contributed by atoms with E-state index in [1.165, 1.54) is 0 Å². The fourth-order valence-electron chi connectivity index (χ4n) is 2.82. The summed E-state index contributed by atoms with van der Waals surface area (Å²) in [5.41, 5.74) is 0.760. The van der Waals surface area contributed by atoms with Gasteiger partial charge in [-0.2, -0.15) is 0 Å². The highest BCUT2D eigenvalue weighted by molar-refractivity contribution is 5.97. The lowest BCUT2D eigenvalue weighted by Crippen LogP contribution is -2.45. The van der Waals surface area contributed by atoms with Gasteiger partial charge < -0.3 is 15.2 Å². The van der Waals surface area contributed by atoms with Crippen molar-refractivity contribution in [2.45, 2.75) is 45.1 Å². The number of rotatable bonds is 4. The molecule has 1 fully saturated rings. The van der Waals surface area contributed by atoms with E-state index in [9.17, 15) is 9.90 Å². The van der Waals surface area contributed by atoms with E-state index >= 15 is 0 Å². The van der Waals surface area contributed by atoms with Crippen molar-refractivity contribution in [3.63, 3.8) is 0 Å². The number of aliphatic hydroxyl groups is 1. The SMILES string of the molecule is COc1ccc(C)cc1C(=O)NCC1(O)CCC(C)CC1. The third kappa shape index (κ3) is 3.97. The lowest BCUT2D eigenvalue weighted by Gasteiger charge is -2.35. The van der Waals surface area contributed by atoms with Crippen LogP contribution < -0.4 is 10.1 Å². The third-order valence-electron chi connectivity index (χ3n) is 4.38. The molecule has 116 valence electrons. The maximum atomic E-state index is 12.3. The highest BCUT2D eigenvalue weighted by atomic mass is 16.5. The molecule has 0 bridgehead atoms. The number of carbonyl (C=O) groups is 1. The lowest BCUT2D eigenvalue weighted by molar-refractivity contribution is -0.00542. The summed E-state index contributed by atoms with van der Waals surface area (Å²) >= 11 is 0. The second-order valence-electron chi connectivity index (χ2n) is 6.29. The highest BCUT2D eigenvalue weighted by Crippen LogP contribution is 2.31. The zero-order valence-electron chi connectivity index (χ0n) is 13.1. The number of methoxy groups -OCH3 is 1. The number of hydrogen-bond donors (Lipinski definition) is 2.